The fraction of sp³-hybridized carbons (Fsp3) is 0.300. The SMILES string of the molecule is Cc1cc(Oc2ccc(CCN3CC(C(=O)O)CC3=O)cc2)ccc1Cl. The summed E-state index contributed by atoms with van der Waals surface area (Å²) in [5, 5.41) is 9.72. The Balaban J connectivity index is 1.55. The minimum atomic E-state index is -0.903. The molecule has 0 aliphatic carbocycles. The van der Waals surface area contributed by atoms with Gasteiger partial charge >= 0.3 is 5.97 Å². The van der Waals surface area contributed by atoms with Crippen molar-refractivity contribution >= 4 is 23.5 Å². The number of carboxylic acids is 1. The number of ether oxygens (including phenoxy) is 1. The molecule has 2 aromatic carbocycles. The fourth-order valence-corrected chi connectivity index (χ4v) is 3.08. The summed E-state index contributed by atoms with van der Waals surface area (Å²) >= 11 is 6.01. The van der Waals surface area contributed by atoms with E-state index < -0.39 is 11.9 Å². The van der Waals surface area contributed by atoms with Gasteiger partial charge in [0.15, 0.2) is 0 Å². The van der Waals surface area contributed by atoms with Gasteiger partial charge < -0.3 is 14.7 Å². The highest BCUT2D eigenvalue weighted by Gasteiger charge is 2.33. The van der Waals surface area contributed by atoms with Gasteiger partial charge in [0.1, 0.15) is 11.5 Å². The van der Waals surface area contributed by atoms with Gasteiger partial charge in [-0.15, -0.1) is 0 Å². The molecule has 0 spiro atoms. The topological polar surface area (TPSA) is 66.8 Å². The van der Waals surface area contributed by atoms with Gasteiger partial charge in [0.25, 0.3) is 0 Å². The van der Waals surface area contributed by atoms with Crippen LogP contribution in [0.4, 0.5) is 0 Å². The van der Waals surface area contributed by atoms with E-state index in [4.69, 9.17) is 21.4 Å². The highest BCUT2D eigenvalue weighted by Crippen LogP contribution is 2.26. The van der Waals surface area contributed by atoms with Gasteiger partial charge in [0, 0.05) is 24.5 Å². The second-order valence-electron chi connectivity index (χ2n) is 6.49. The molecule has 6 heteroatoms. The van der Waals surface area contributed by atoms with E-state index >= 15 is 0 Å². The number of carboxylic acid groups (broad SMARTS) is 1. The standard InChI is InChI=1S/C20H20ClNO4/c1-13-10-17(6-7-18(13)21)26-16-4-2-14(3-5-16)8-9-22-12-15(20(24)25)11-19(22)23/h2-7,10,15H,8-9,11-12H2,1H3,(H,24,25). The number of aliphatic carboxylic acids is 1. The molecule has 0 radical (unpaired) electrons. The first kappa shape index (κ1) is 18.3. The number of nitrogens with zero attached hydrogens (tertiary/aromatic N) is 1. The Bertz CT molecular complexity index is 819. The van der Waals surface area contributed by atoms with Crippen LogP contribution in [0.2, 0.25) is 5.02 Å². The summed E-state index contributed by atoms with van der Waals surface area (Å²) < 4.78 is 5.82. The largest absolute Gasteiger partial charge is 0.481 e. The van der Waals surface area contributed by atoms with E-state index in [9.17, 15) is 9.59 Å². The fourth-order valence-electron chi connectivity index (χ4n) is 2.96. The molecule has 1 fully saturated rings. The van der Waals surface area contributed by atoms with Gasteiger partial charge in [0.05, 0.1) is 5.92 Å². The zero-order chi connectivity index (χ0) is 18.7. The molecule has 0 bridgehead atoms. The van der Waals surface area contributed by atoms with Crippen molar-refractivity contribution in [1.82, 2.24) is 4.90 Å². The lowest BCUT2D eigenvalue weighted by atomic mass is 10.1. The molecule has 5 nitrogen and oxygen atoms in total. The molecule has 2 aromatic rings. The molecule has 1 aliphatic heterocycles. The summed E-state index contributed by atoms with van der Waals surface area (Å²) in [5.74, 6) is -0.128. The van der Waals surface area contributed by atoms with Crippen LogP contribution in [0.3, 0.4) is 0 Å². The molecule has 1 atom stereocenters. The Hall–Kier alpha value is -2.53. The molecule has 0 aromatic heterocycles. The average Bonchev–Trinajstić information content (AvgIpc) is 2.99. The molecule has 1 heterocycles. The molecule has 26 heavy (non-hydrogen) atoms. The number of hydrogen-bond donors (Lipinski definition) is 1. The molecule has 1 amide bonds. The second kappa shape index (κ2) is 7.79. The molecule has 1 unspecified atom stereocenters. The van der Waals surface area contributed by atoms with Crippen LogP contribution in [0.25, 0.3) is 0 Å². The van der Waals surface area contributed by atoms with Crippen molar-refractivity contribution < 1.29 is 19.4 Å². The Morgan fingerprint density at radius 3 is 2.54 bits per heavy atom. The summed E-state index contributed by atoms with van der Waals surface area (Å²) in [6, 6.07) is 13.2. The normalized spacial score (nSPS) is 16.8. The lowest BCUT2D eigenvalue weighted by molar-refractivity contribution is -0.141. The van der Waals surface area contributed by atoms with Crippen LogP contribution in [-0.4, -0.2) is 35.0 Å². The Morgan fingerprint density at radius 2 is 1.92 bits per heavy atom. The maximum atomic E-state index is 11.9. The van der Waals surface area contributed by atoms with Gasteiger partial charge in [-0.05, 0) is 54.8 Å². The van der Waals surface area contributed by atoms with E-state index in [2.05, 4.69) is 0 Å². The van der Waals surface area contributed by atoms with Crippen molar-refractivity contribution in [2.45, 2.75) is 19.8 Å². The van der Waals surface area contributed by atoms with E-state index in [1.807, 2.05) is 43.3 Å². The number of carbonyl (C=O) groups is 2. The number of rotatable bonds is 6. The van der Waals surface area contributed by atoms with E-state index in [1.54, 1.807) is 11.0 Å². The average molecular weight is 374 g/mol. The van der Waals surface area contributed by atoms with Gasteiger partial charge in [0.2, 0.25) is 5.91 Å². The maximum absolute atomic E-state index is 11.9. The third-order valence-electron chi connectivity index (χ3n) is 4.52. The highest BCUT2D eigenvalue weighted by atomic mass is 35.5. The van der Waals surface area contributed by atoms with Crippen LogP contribution in [0.5, 0.6) is 11.5 Å². The van der Waals surface area contributed by atoms with E-state index in [-0.39, 0.29) is 12.3 Å². The number of amides is 1. The van der Waals surface area contributed by atoms with E-state index in [0.717, 1.165) is 22.6 Å². The summed E-state index contributed by atoms with van der Waals surface area (Å²) in [4.78, 5) is 24.5. The monoisotopic (exact) mass is 373 g/mol. The van der Waals surface area contributed by atoms with Gasteiger partial charge in [-0.3, -0.25) is 9.59 Å². The summed E-state index contributed by atoms with van der Waals surface area (Å²) in [6.07, 6.45) is 0.779. The summed E-state index contributed by atoms with van der Waals surface area (Å²) in [5.41, 5.74) is 2.02. The quantitative estimate of drug-likeness (QED) is 0.833. The lowest BCUT2D eigenvalue weighted by Crippen LogP contribution is -2.28. The third-order valence-corrected chi connectivity index (χ3v) is 4.95. The van der Waals surface area contributed by atoms with Crippen LogP contribution in [0.1, 0.15) is 17.5 Å². The van der Waals surface area contributed by atoms with Crippen LogP contribution in [0, 0.1) is 12.8 Å². The minimum absolute atomic E-state index is 0.0875. The molecule has 3 rings (SSSR count). The molecular formula is C20H20ClNO4. The predicted molar refractivity (Wildman–Crippen MR) is 98.7 cm³/mol. The van der Waals surface area contributed by atoms with E-state index in [1.165, 1.54) is 0 Å². The number of halogens is 1. The van der Waals surface area contributed by atoms with Crippen molar-refractivity contribution in [2.24, 2.45) is 5.92 Å². The molecule has 1 saturated heterocycles. The first-order valence-electron chi connectivity index (χ1n) is 8.46. The molecule has 1 N–H and O–H groups in total. The van der Waals surface area contributed by atoms with Crippen molar-refractivity contribution in [3.05, 3.63) is 58.6 Å². The predicted octanol–water partition coefficient (Wildman–Crippen LogP) is 3.92. The second-order valence-corrected chi connectivity index (χ2v) is 6.89. The van der Waals surface area contributed by atoms with E-state index in [0.29, 0.717) is 24.5 Å². The number of aryl methyl sites for hydroxylation is 1. The van der Waals surface area contributed by atoms with Gasteiger partial charge in [-0.2, -0.15) is 0 Å². The van der Waals surface area contributed by atoms with Crippen LogP contribution in [-0.2, 0) is 16.0 Å². The Kier molecular flexibility index (Phi) is 5.47. The number of likely N-dealkylation sites (tertiary alicyclic amines) is 1. The molecule has 1 aliphatic rings. The molecule has 136 valence electrons. The zero-order valence-corrected chi connectivity index (χ0v) is 15.2. The number of hydrogen-bond acceptors (Lipinski definition) is 3. The van der Waals surface area contributed by atoms with Crippen molar-refractivity contribution in [2.75, 3.05) is 13.1 Å². The number of carbonyl (C=O) groups excluding carboxylic acids is 1. The molecular weight excluding hydrogens is 354 g/mol. The Labute approximate surface area is 157 Å². The first-order chi connectivity index (χ1) is 12.4. The van der Waals surface area contributed by atoms with Crippen LogP contribution >= 0.6 is 11.6 Å². The van der Waals surface area contributed by atoms with Crippen molar-refractivity contribution in [1.29, 1.82) is 0 Å². The minimum Gasteiger partial charge on any atom is -0.481 e. The third kappa shape index (κ3) is 4.35. The maximum Gasteiger partial charge on any atom is 0.308 e. The smallest absolute Gasteiger partial charge is 0.308 e. The number of benzene rings is 2. The van der Waals surface area contributed by atoms with Crippen LogP contribution < -0.4 is 4.74 Å². The van der Waals surface area contributed by atoms with Crippen LogP contribution in [0.15, 0.2) is 42.5 Å². The lowest BCUT2D eigenvalue weighted by Gasteiger charge is -2.16. The van der Waals surface area contributed by atoms with Gasteiger partial charge in [-0.25, -0.2) is 0 Å². The zero-order valence-electron chi connectivity index (χ0n) is 14.4. The van der Waals surface area contributed by atoms with Gasteiger partial charge in [-0.1, -0.05) is 23.7 Å². The molecule has 0 saturated carbocycles. The summed E-state index contributed by atoms with van der Waals surface area (Å²) in [6.45, 7) is 2.75. The van der Waals surface area contributed by atoms with Crippen molar-refractivity contribution in [3.8, 4) is 11.5 Å². The summed E-state index contributed by atoms with van der Waals surface area (Å²) in [7, 11) is 0. The van der Waals surface area contributed by atoms with Crippen molar-refractivity contribution in [3.63, 3.8) is 0 Å². The Morgan fingerprint density at radius 1 is 1.23 bits per heavy atom. The first-order valence-corrected chi connectivity index (χ1v) is 8.83. The highest BCUT2D eigenvalue weighted by molar-refractivity contribution is 6.31.